The van der Waals surface area contributed by atoms with Crippen molar-refractivity contribution in [3.05, 3.63) is 60.1 Å². The topological polar surface area (TPSA) is 65.8 Å². The second-order valence-electron chi connectivity index (χ2n) is 8.04. The standard InChI is InChI=1S/C23H31N3O3/c1-18(2)10-11-25-12-14-26(15-13-25)23(28)20(17-19-7-4-3-5-8-19)24-22(27)21-9-6-16-29-21/h3-9,16,18,20H,10-15,17H2,1-2H3,(H,24,27). The molecule has 29 heavy (non-hydrogen) atoms. The lowest BCUT2D eigenvalue weighted by atomic mass is 10.0. The molecule has 156 valence electrons. The van der Waals surface area contributed by atoms with Crippen molar-refractivity contribution >= 4 is 11.8 Å². The van der Waals surface area contributed by atoms with Gasteiger partial charge < -0.3 is 14.6 Å². The second-order valence-corrected chi connectivity index (χ2v) is 8.04. The summed E-state index contributed by atoms with van der Waals surface area (Å²) in [5, 5.41) is 2.88. The van der Waals surface area contributed by atoms with Crippen LogP contribution in [0, 0.1) is 5.92 Å². The molecule has 0 bridgehead atoms. The van der Waals surface area contributed by atoms with E-state index in [-0.39, 0.29) is 17.6 Å². The zero-order valence-corrected chi connectivity index (χ0v) is 17.3. The predicted octanol–water partition coefficient (Wildman–Crippen LogP) is 2.81. The number of hydrogen-bond acceptors (Lipinski definition) is 4. The largest absolute Gasteiger partial charge is 0.459 e. The van der Waals surface area contributed by atoms with E-state index in [4.69, 9.17) is 4.42 Å². The molecule has 1 aromatic carbocycles. The Bertz CT molecular complexity index is 766. The summed E-state index contributed by atoms with van der Waals surface area (Å²) in [4.78, 5) is 30.0. The molecule has 6 heteroatoms. The molecule has 2 aromatic rings. The molecule has 2 heterocycles. The Morgan fingerprint density at radius 3 is 2.38 bits per heavy atom. The normalized spacial score (nSPS) is 16.0. The molecule has 1 unspecified atom stereocenters. The summed E-state index contributed by atoms with van der Waals surface area (Å²) in [6.07, 6.45) is 3.09. The summed E-state index contributed by atoms with van der Waals surface area (Å²) in [6, 6.07) is 12.4. The van der Waals surface area contributed by atoms with E-state index >= 15 is 0 Å². The molecule has 1 aliphatic heterocycles. The lowest BCUT2D eigenvalue weighted by Gasteiger charge is -2.36. The molecule has 0 spiro atoms. The van der Waals surface area contributed by atoms with Crippen LogP contribution in [0.2, 0.25) is 0 Å². The monoisotopic (exact) mass is 397 g/mol. The van der Waals surface area contributed by atoms with E-state index in [1.165, 1.54) is 12.7 Å². The van der Waals surface area contributed by atoms with Crippen molar-refractivity contribution in [1.29, 1.82) is 0 Å². The number of rotatable bonds is 8. The Morgan fingerprint density at radius 2 is 1.76 bits per heavy atom. The van der Waals surface area contributed by atoms with Crippen LogP contribution in [0.15, 0.2) is 53.1 Å². The third-order valence-electron chi connectivity index (χ3n) is 5.34. The van der Waals surface area contributed by atoms with E-state index in [0.29, 0.717) is 25.4 Å². The first-order valence-corrected chi connectivity index (χ1v) is 10.4. The lowest BCUT2D eigenvalue weighted by Crippen LogP contribution is -2.55. The molecular weight excluding hydrogens is 366 g/mol. The van der Waals surface area contributed by atoms with E-state index in [2.05, 4.69) is 24.1 Å². The zero-order chi connectivity index (χ0) is 20.6. The smallest absolute Gasteiger partial charge is 0.287 e. The number of benzene rings is 1. The first-order chi connectivity index (χ1) is 14.0. The summed E-state index contributed by atoms with van der Waals surface area (Å²) < 4.78 is 5.19. The summed E-state index contributed by atoms with van der Waals surface area (Å²) in [5.74, 6) is 0.508. The highest BCUT2D eigenvalue weighted by Crippen LogP contribution is 2.12. The molecule has 1 saturated heterocycles. The first-order valence-electron chi connectivity index (χ1n) is 10.4. The van der Waals surface area contributed by atoms with Gasteiger partial charge in [0.1, 0.15) is 6.04 Å². The summed E-state index contributed by atoms with van der Waals surface area (Å²) in [6.45, 7) is 8.68. The van der Waals surface area contributed by atoms with Crippen molar-refractivity contribution < 1.29 is 14.0 Å². The quantitative estimate of drug-likeness (QED) is 0.744. The van der Waals surface area contributed by atoms with Crippen molar-refractivity contribution in [2.75, 3.05) is 32.7 Å². The van der Waals surface area contributed by atoms with Crippen LogP contribution < -0.4 is 5.32 Å². The summed E-state index contributed by atoms with van der Waals surface area (Å²) >= 11 is 0. The second kappa shape index (κ2) is 10.3. The van der Waals surface area contributed by atoms with Crippen molar-refractivity contribution in [3.63, 3.8) is 0 Å². The van der Waals surface area contributed by atoms with E-state index in [0.717, 1.165) is 25.2 Å². The maximum Gasteiger partial charge on any atom is 0.287 e. The molecular formula is C23H31N3O3. The number of piperazine rings is 1. The molecule has 1 aliphatic rings. The third kappa shape index (κ3) is 6.19. The van der Waals surface area contributed by atoms with Gasteiger partial charge in [-0.3, -0.25) is 14.5 Å². The van der Waals surface area contributed by atoms with E-state index in [9.17, 15) is 9.59 Å². The van der Waals surface area contributed by atoms with Crippen molar-refractivity contribution in [2.45, 2.75) is 32.7 Å². The van der Waals surface area contributed by atoms with Crippen LogP contribution >= 0.6 is 0 Å². The van der Waals surface area contributed by atoms with Crippen LogP contribution in [0.25, 0.3) is 0 Å². The van der Waals surface area contributed by atoms with Gasteiger partial charge in [-0.2, -0.15) is 0 Å². The number of nitrogens with zero attached hydrogens (tertiary/aromatic N) is 2. The third-order valence-corrected chi connectivity index (χ3v) is 5.34. The Labute approximate surface area is 172 Å². The SMILES string of the molecule is CC(C)CCN1CCN(C(=O)C(Cc2ccccc2)NC(=O)c2ccco2)CC1. The predicted molar refractivity (Wildman–Crippen MR) is 113 cm³/mol. The van der Waals surface area contributed by atoms with E-state index in [1.807, 2.05) is 35.2 Å². The number of nitrogens with one attached hydrogen (secondary N) is 1. The molecule has 6 nitrogen and oxygen atoms in total. The van der Waals surface area contributed by atoms with Gasteiger partial charge in [0.05, 0.1) is 6.26 Å². The molecule has 0 aliphatic carbocycles. The van der Waals surface area contributed by atoms with Gasteiger partial charge in [0.25, 0.3) is 5.91 Å². The van der Waals surface area contributed by atoms with Crippen LogP contribution in [0.3, 0.4) is 0 Å². The minimum absolute atomic E-state index is 0.0303. The molecule has 1 aromatic heterocycles. The maximum absolute atomic E-state index is 13.2. The highest BCUT2D eigenvalue weighted by Gasteiger charge is 2.29. The van der Waals surface area contributed by atoms with Gasteiger partial charge >= 0.3 is 0 Å². The number of furan rings is 1. The molecule has 1 fully saturated rings. The Balaban J connectivity index is 1.63. The van der Waals surface area contributed by atoms with Gasteiger partial charge in [-0.25, -0.2) is 0 Å². The lowest BCUT2D eigenvalue weighted by molar-refractivity contribution is -0.135. The number of carbonyl (C=O) groups is 2. The first kappa shape index (κ1) is 21.1. The fourth-order valence-corrected chi connectivity index (χ4v) is 3.54. The van der Waals surface area contributed by atoms with Gasteiger partial charge in [-0.1, -0.05) is 44.2 Å². The fraction of sp³-hybridized carbons (Fsp3) is 0.478. The van der Waals surface area contributed by atoms with Crippen molar-refractivity contribution in [2.24, 2.45) is 5.92 Å². The Kier molecular flexibility index (Phi) is 7.47. The van der Waals surface area contributed by atoms with Gasteiger partial charge in [-0.05, 0) is 36.6 Å². The average Bonchev–Trinajstić information content (AvgIpc) is 3.27. The molecule has 0 radical (unpaired) electrons. The summed E-state index contributed by atoms with van der Waals surface area (Å²) in [7, 11) is 0. The molecule has 2 amide bonds. The average molecular weight is 398 g/mol. The number of hydrogen-bond donors (Lipinski definition) is 1. The molecule has 1 atom stereocenters. The van der Waals surface area contributed by atoms with Gasteiger partial charge in [0.15, 0.2) is 5.76 Å². The fourth-order valence-electron chi connectivity index (χ4n) is 3.54. The van der Waals surface area contributed by atoms with Crippen molar-refractivity contribution in [1.82, 2.24) is 15.1 Å². The van der Waals surface area contributed by atoms with E-state index < -0.39 is 6.04 Å². The highest BCUT2D eigenvalue weighted by molar-refractivity contribution is 5.95. The summed E-state index contributed by atoms with van der Waals surface area (Å²) in [5.41, 5.74) is 1.01. The minimum atomic E-state index is -0.614. The zero-order valence-electron chi connectivity index (χ0n) is 17.3. The number of amides is 2. The maximum atomic E-state index is 13.2. The van der Waals surface area contributed by atoms with Gasteiger partial charge in [0, 0.05) is 32.6 Å². The van der Waals surface area contributed by atoms with Crippen LogP contribution in [-0.4, -0.2) is 60.4 Å². The minimum Gasteiger partial charge on any atom is -0.459 e. The molecule has 0 saturated carbocycles. The van der Waals surface area contributed by atoms with Crippen LogP contribution in [-0.2, 0) is 11.2 Å². The van der Waals surface area contributed by atoms with Crippen LogP contribution in [0.5, 0.6) is 0 Å². The highest BCUT2D eigenvalue weighted by atomic mass is 16.3. The van der Waals surface area contributed by atoms with Crippen LogP contribution in [0.4, 0.5) is 0 Å². The number of carbonyl (C=O) groups excluding carboxylic acids is 2. The molecule has 3 rings (SSSR count). The van der Waals surface area contributed by atoms with Gasteiger partial charge in [0.2, 0.25) is 5.91 Å². The van der Waals surface area contributed by atoms with Crippen LogP contribution in [0.1, 0.15) is 36.4 Å². The van der Waals surface area contributed by atoms with Gasteiger partial charge in [-0.15, -0.1) is 0 Å². The van der Waals surface area contributed by atoms with E-state index in [1.54, 1.807) is 12.1 Å². The Hall–Kier alpha value is -2.60. The Morgan fingerprint density at radius 1 is 1.03 bits per heavy atom. The van der Waals surface area contributed by atoms with Crippen molar-refractivity contribution in [3.8, 4) is 0 Å². The molecule has 1 N–H and O–H groups in total.